The van der Waals surface area contributed by atoms with Crippen LogP contribution in [0.3, 0.4) is 0 Å². The molecular weight excluding hydrogens is 426 g/mol. The summed E-state index contributed by atoms with van der Waals surface area (Å²) in [5, 5.41) is 4.83. The molecule has 1 fully saturated rings. The van der Waals surface area contributed by atoms with E-state index in [1.807, 2.05) is 40.3 Å². The molecule has 1 aliphatic rings. The zero-order valence-corrected chi connectivity index (χ0v) is 18.7. The fraction of sp³-hybridized carbons (Fsp3) is 0.250. The summed E-state index contributed by atoms with van der Waals surface area (Å²) in [6, 6.07) is 14.2. The number of morpholine rings is 1. The highest BCUT2D eigenvalue weighted by Gasteiger charge is 2.19. The first kappa shape index (κ1) is 20.3. The van der Waals surface area contributed by atoms with Gasteiger partial charge in [-0.3, -0.25) is 14.3 Å². The fourth-order valence-corrected chi connectivity index (χ4v) is 5.58. The number of benzene rings is 1. The van der Waals surface area contributed by atoms with E-state index in [2.05, 4.69) is 34.6 Å². The molecule has 1 saturated heterocycles. The second-order valence-electron chi connectivity index (χ2n) is 7.45. The first-order valence-electron chi connectivity index (χ1n) is 10.4. The molecule has 4 heterocycles. The summed E-state index contributed by atoms with van der Waals surface area (Å²) in [5.41, 5.74) is 2.15. The number of fused-ring (bicyclic) bond motifs is 1. The summed E-state index contributed by atoms with van der Waals surface area (Å²) in [6.07, 6.45) is 4.10. The van der Waals surface area contributed by atoms with Crippen LogP contribution in [-0.4, -0.2) is 40.8 Å². The first-order chi connectivity index (χ1) is 15.3. The van der Waals surface area contributed by atoms with Crippen molar-refractivity contribution in [1.82, 2.24) is 14.5 Å². The van der Waals surface area contributed by atoms with Gasteiger partial charge in [-0.2, -0.15) is 0 Å². The van der Waals surface area contributed by atoms with Crippen molar-refractivity contribution in [3.63, 3.8) is 0 Å². The molecular formula is C24H23N3O2S2. The van der Waals surface area contributed by atoms with Gasteiger partial charge in [0.15, 0.2) is 0 Å². The van der Waals surface area contributed by atoms with Gasteiger partial charge in [-0.05, 0) is 17.0 Å². The van der Waals surface area contributed by atoms with Crippen molar-refractivity contribution in [2.45, 2.75) is 13.1 Å². The molecule has 4 aromatic rings. The van der Waals surface area contributed by atoms with E-state index >= 15 is 0 Å². The van der Waals surface area contributed by atoms with E-state index in [0.29, 0.717) is 13.1 Å². The van der Waals surface area contributed by atoms with Crippen LogP contribution in [0.1, 0.15) is 11.4 Å². The number of nitrogens with zero attached hydrogens (tertiary/aromatic N) is 3. The smallest absolute Gasteiger partial charge is 0.263 e. The van der Waals surface area contributed by atoms with Crippen molar-refractivity contribution < 1.29 is 4.74 Å². The number of ether oxygens (including phenoxy) is 1. The lowest BCUT2D eigenvalue weighted by Crippen LogP contribution is -2.38. The zero-order chi connectivity index (χ0) is 21.0. The number of hydrogen-bond donors (Lipinski definition) is 0. The molecule has 0 aliphatic carbocycles. The first-order valence-corrected chi connectivity index (χ1v) is 12.1. The minimum absolute atomic E-state index is 0.0376. The third-order valence-corrected chi connectivity index (χ3v) is 7.20. The molecule has 158 valence electrons. The predicted molar refractivity (Wildman–Crippen MR) is 129 cm³/mol. The molecule has 1 aliphatic heterocycles. The third kappa shape index (κ3) is 4.41. The second kappa shape index (κ2) is 9.28. The molecule has 0 radical (unpaired) electrons. The molecule has 0 bridgehead atoms. The molecule has 5 nitrogen and oxygen atoms in total. The molecule has 7 heteroatoms. The van der Waals surface area contributed by atoms with Crippen LogP contribution < -0.4 is 5.56 Å². The van der Waals surface area contributed by atoms with Crippen LogP contribution >= 0.6 is 22.7 Å². The lowest BCUT2D eigenvalue weighted by molar-refractivity contribution is 0.0325. The summed E-state index contributed by atoms with van der Waals surface area (Å²) in [5.74, 6) is 0.816. The minimum atomic E-state index is 0.0376. The Labute approximate surface area is 188 Å². The lowest BCUT2D eigenvalue weighted by atomic mass is 10.2. The molecule has 31 heavy (non-hydrogen) atoms. The summed E-state index contributed by atoms with van der Waals surface area (Å²) in [6.45, 7) is 4.32. The van der Waals surface area contributed by atoms with Crippen LogP contribution in [0.15, 0.2) is 64.1 Å². The van der Waals surface area contributed by atoms with Gasteiger partial charge in [-0.25, -0.2) is 4.98 Å². The van der Waals surface area contributed by atoms with Crippen molar-refractivity contribution >= 4 is 39.0 Å². The normalized spacial score (nSPS) is 15.2. The number of allylic oxidation sites excluding steroid dienone is 1. The van der Waals surface area contributed by atoms with Crippen LogP contribution in [0.2, 0.25) is 0 Å². The van der Waals surface area contributed by atoms with Crippen LogP contribution in [0.5, 0.6) is 0 Å². The third-order valence-electron chi connectivity index (χ3n) is 5.43. The molecule has 5 rings (SSSR count). The average molecular weight is 450 g/mol. The summed E-state index contributed by atoms with van der Waals surface area (Å²) in [4.78, 5) is 22.9. The van der Waals surface area contributed by atoms with E-state index in [1.165, 1.54) is 0 Å². The molecule has 0 unspecified atom stereocenters. The van der Waals surface area contributed by atoms with Gasteiger partial charge in [0, 0.05) is 35.5 Å². The molecule has 0 amide bonds. The highest BCUT2D eigenvalue weighted by atomic mass is 32.1. The van der Waals surface area contributed by atoms with Crippen molar-refractivity contribution in [2.24, 2.45) is 0 Å². The van der Waals surface area contributed by atoms with Gasteiger partial charge in [0.05, 0.1) is 25.1 Å². The molecule has 0 saturated carbocycles. The summed E-state index contributed by atoms with van der Waals surface area (Å²) >= 11 is 3.21. The average Bonchev–Trinajstić information content (AvgIpc) is 3.47. The van der Waals surface area contributed by atoms with E-state index in [-0.39, 0.29) is 5.56 Å². The van der Waals surface area contributed by atoms with E-state index in [4.69, 9.17) is 9.72 Å². The molecule has 0 spiro atoms. The Hall–Kier alpha value is -2.58. The fourth-order valence-electron chi connectivity index (χ4n) is 3.81. The van der Waals surface area contributed by atoms with Gasteiger partial charge in [0.25, 0.3) is 5.56 Å². The van der Waals surface area contributed by atoms with Gasteiger partial charge < -0.3 is 4.74 Å². The quantitative estimate of drug-likeness (QED) is 0.427. The van der Waals surface area contributed by atoms with Crippen LogP contribution in [-0.2, 0) is 17.8 Å². The van der Waals surface area contributed by atoms with E-state index < -0.39 is 0 Å². The molecule has 1 aromatic carbocycles. The van der Waals surface area contributed by atoms with Crippen LogP contribution in [0.4, 0.5) is 0 Å². The van der Waals surface area contributed by atoms with E-state index in [1.54, 1.807) is 22.7 Å². The number of hydrogen-bond acceptors (Lipinski definition) is 6. The van der Waals surface area contributed by atoms with Crippen molar-refractivity contribution in [2.75, 3.05) is 26.3 Å². The number of rotatable bonds is 6. The van der Waals surface area contributed by atoms with Gasteiger partial charge in [-0.15, -0.1) is 22.7 Å². The zero-order valence-electron chi connectivity index (χ0n) is 17.1. The Balaban J connectivity index is 1.55. The summed E-state index contributed by atoms with van der Waals surface area (Å²) in [7, 11) is 0. The van der Waals surface area contributed by atoms with Crippen LogP contribution in [0, 0.1) is 0 Å². The van der Waals surface area contributed by atoms with Crippen LogP contribution in [0.25, 0.3) is 26.7 Å². The molecule has 3 aromatic heterocycles. The standard InChI is InChI=1S/C24H23N3O2S2/c28-24-22-19(20-9-5-15-30-20)17-31-23(22)25-21(16-26-11-13-29-14-12-26)27(24)10-4-8-18-6-2-1-3-7-18/h1-9,15,17H,10-14,16H2/b8-4+. The highest BCUT2D eigenvalue weighted by molar-refractivity contribution is 7.18. The number of aromatic nitrogens is 2. The monoisotopic (exact) mass is 449 g/mol. The maximum atomic E-state index is 13.7. The maximum absolute atomic E-state index is 13.7. The molecule has 0 N–H and O–H groups in total. The van der Waals surface area contributed by atoms with Gasteiger partial charge >= 0.3 is 0 Å². The Morgan fingerprint density at radius 3 is 2.68 bits per heavy atom. The minimum Gasteiger partial charge on any atom is -0.379 e. The topological polar surface area (TPSA) is 47.4 Å². The van der Waals surface area contributed by atoms with Gasteiger partial charge in [-0.1, -0.05) is 48.6 Å². The largest absolute Gasteiger partial charge is 0.379 e. The lowest BCUT2D eigenvalue weighted by Gasteiger charge is -2.27. The van der Waals surface area contributed by atoms with E-state index in [0.717, 1.165) is 58.3 Å². The van der Waals surface area contributed by atoms with Crippen molar-refractivity contribution in [3.8, 4) is 10.4 Å². The Kier molecular flexibility index (Phi) is 6.08. The van der Waals surface area contributed by atoms with Gasteiger partial charge in [0.1, 0.15) is 10.7 Å². The SMILES string of the molecule is O=c1c2c(-c3cccs3)csc2nc(CN2CCOCC2)n1C/C=C/c1ccccc1. The Morgan fingerprint density at radius 2 is 1.90 bits per heavy atom. The van der Waals surface area contributed by atoms with Gasteiger partial charge in [0.2, 0.25) is 0 Å². The van der Waals surface area contributed by atoms with Crippen molar-refractivity contribution in [1.29, 1.82) is 0 Å². The second-order valence-corrected chi connectivity index (χ2v) is 9.26. The van der Waals surface area contributed by atoms with E-state index in [9.17, 15) is 4.79 Å². The summed E-state index contributed by atoms with van der Waals surface area (Å²) < 4.78 is 7.32. The Morgan fingerprint density at radius 1 is 1.06 bits per heavy atom. The predicted octanol–water partition coefficient (Wildman–Crippen LogP) is 4.73. The van der Waals surface area contributed by atoms with Crippen molar-refractivity contribution in [3.05, 3.63) is 81.0 Å². The Bertz CT molecular complexity index is 1240. The molecule has 0 atom stereocenters. The highest BCUT2D eigenvalue weighted by Crippen LogP contribution is 2.33. The maximum Gasteiger partial charge on any atom is 0.263 e. The number of thiophene rings is 2.